The second-order valence-corrected chi connectivity index (χ2v) is 3.60. The Morgan fingerprint density at radius 1 is 1.67 bits per heavy atom. The number of hydrogen-bond donors (Lipinski definition) is 0. The number of carbonyl (C=O) groups is 1. The first-order valence-corrected chi connectivity index (χ1v) is 4.73. The molecule has 1 rings (SSSR count). The van der Waals surface area contributed by atoms with Crippen LogP contribution in [0.15, 0.2) is 10.7 Å². The van der Waals surface area contributed by atoms with Crippen LogP contribution < -0.4 is 0 Å². The molecule has 0 radical (unpaired) electrons. The summed E-state index contributed by atoms with van der Waals surface area (Å²) in [4.78, 5) is 14.4. The van der Waals surface area contributed by atoms with Gasteiger partial charge in [-0.15, -0.1) is 0 Å². The van der Waals surface area contributed by atoms with Gasteiger partial charge in [-0.05, 0) is 33.6 Å². The number of alkyl halides is 2. The fourth-order valence-corrected chi connectivity index (χ4v) is 1.52. The molecule has 1 heterocycles. The van der Waals surface area contributed by atoms with Crippen LogP contribution in [0.4, 0.5) is 8.78 Å². The highest BCUT2D eigenvalue weighted by molar-refractivity contribution is 9.10. The van der Waals surface area contributed by atoms with Crippen molar-refractivity contribution >= 4 is 32.8 Å². The average molecular weight is 295 g/mol. The smallest absolute Gasteiger partial charge is 0.272 e. The molecule has 15 heavy (non-hydrogen) atoms. The fraction of sp³-hybridized carbons (Fsp3) is 0.125. The lowest BCUT2D eigenvalue weighted by molar-refractivity contribution is 0.107. The van der Waals surface area contributed by atoms with Crippen molar-refractivity contribution in [3.8, 4) is 6.07 Å². The zero-order valence-electron chi connectivity index (χ0n) is 6.97. The van der Waals surface area contributed by atoms with Crippen molar-refractivity contribution in [3.63, 3.8) is 0 Å². The SMILES string of the molecule is N#Cc1c(C(F)F)cc(Br)nc1C(=O)Cl. The first kappa shape index (κ1) is 12.0. The molecule has 0 fully saturated rings. The highest BCUT2D eigenvalue weighted by atomic mass is 79.9. The molecule has 0 N–H and O–H groups in total. The van der Waals surface area contributed by atoms with Crippen LogP contribution in [-0.2, 0) is 0 Å². The summed E-state index contributed by atoms with van der Waals surface area (Å²) in [7, 11) is 0. The minimum Gasteiger partial charge on any atom is -0.274 e. The Bertz CT molecular complexity index is 459. The third-order valence-electron chi connectivity index (χ3n) is 1.55. The van der Waals surface area contributed by atoms with Gasteiger partial charge in [-0.2, -0.15) is 5.26 Å². The molecule has 3 nitrogen and oxygen atoms in total. The number of nitriles is 1. The minimum atomic E-state index is -2.87. The molecule has 7 heteroatoms. The topological polar surface area (TPSA) is 53.8 Å². The molecule has 0 aliphatic carbocycles. The Morgan fingerprint density at radius 2 is 2.27 bits per heavy atom. The van der Waals surface area contributed by atoms with Gasteiger partial charge in [-0.25, -0.2) is 13.8 Å². The third-order valence-corrected chi connectivity index (χ3v) is 2.14. The van der Waals surface area contributed by atoms with Crippen molar-refractivity contribution in [2.24, 2.45) is 0 Å². The number of pyridine rings is 1. The van der Waals surface area contributed by atoms with E-state index in [1.807, 2.05) is 0 Å². The maximum Gasteiger partial charge on any atom is 0.272 e. The number of halogens is 4. The Kier molecular flexibility index (Phi) is 3.72. The van der Waals surface area contributed by atoms with Gasteiger partial charge in [-0.1, -0.05) is 0 Å². The molecule has 0 bridgehead atoms. The van der Waals surface area contributed by atoms with E-state index in [1.165, 1.54) is 6.07 Å². The van der Waals surface area contributed by atoms with Crippen LogP contribution in [-0.4, -0.2) is 10.2 Å². The predicted molar refractivity (Wildman–Crippen MR) is 51.8 cm³/mol. The zero-order chi connectivity index (χ0) is 11.6. The van der Waals surface area contributed by atoms with Crippen molar-refractivity contribution < 1.29 is 13.6 Å². The van der Waals surface area contributed by atoms with Gasteiger partial charge in [0.2, 0.25) is 0 Å². The number of hydrogen-bond acceptors (Lipinski definition) is 3. The molecule has 0 atom stereocenters. The van der Waals surface area contributed by atoms with Gasteiger partial charge in [0, 0.05) is 5.56 Å². The van der Waals surface area contributed by atoms with Crippen molar-refractivity contribution in [2.45, 2.75) is 6.43 Å². The normalized spacial score (nSPS) is 10.1. The van der Waals surface area contributed by atoms with E-state index in [0.29, 0.717) is 0 Å². The zero-order valence-corrected chi connectivity index (χ0v) is 9.31. The molecule has 0 amide bonds. The van der Waals surface area contributed by atoms with E-state index in [0.717, 1.165) is 6.07 Å². The van der Waals surface area contributed by atoms with Gasteiger partial charge in [0.25, 0.3) is 11.7 Å². The quantitative estimate of drug-likeness (QED) is 0.622. The predicted octanol–water partition coefficient (Wildman–Crippen LogP) is 3.03. The molecule has 0 aliphatic heterocycles. The standard InChI is InChI=1S/C8H2BrClF2N2O/c9-5-1-3(8(11)12)4(2-13)6(14-5)7(10)15/h1,8H. The summed E-state index contributed by atoms with van der Waals surface area (Å²) in [6, 6.07) is 2.46. The summed E-state index contributed by atoms with van der Waals surface area (Å²) in [5.41, 5.74) is -1.53. The molecule has 1 aromatic rings. The lowest BCUT2D eigenvalue weighted by Crippen LogP contribution is -2.04. The van der Waals surface area contributed by atoms with E-state index in [2.05, 4.69) is 20.9 Å². The highest BCUT2D eigenvalue weighted by Gasteiger charge is 2.21. The maximum atomic E-state index is 12.5. The van der Waals surface area contributed by atoms with Gasteiger partial charge in [0.15, 0.2) is 0 Å². The van der Waals surface area contributed by atoms with Gasteiger partial charge < -0.3 is 0 Å². The summed E-state index contributed by atoms with van der Waals surface area (Å²) in [5.74, 6) is 0. The van der Waals surface area contributed by atoms with Crippen LogP contribution in [0.25, 0.3) is 0 Å². The fourth-order valence-electron chi connectivity index (χ4n) is 0.964. The largest absolute Gasteiger partial charge is 0.274 e. The molecule has 78 valence electrons. The first-order chi connectivity index (χ1) is 6.97. The van der Waals surface area contributed by atoms with Crippen molar-refractivity contribution in [1.29, 1.82) is 5.26 Å². The summed E-state index contributed by atoms with van der Waals surface area (Å²) in [5, 5.41) is 7.59. The minimum absolute atomic E-state index is 0.0285. The molecule has 0 unspecified atom stereocenters. The average Bonchev–Trinajstić information content (AvgIpc) is 2.16. The summed E-state index contributed by atoms with van der Waals surface area (Å²) < 4.78 is 25.0. The number of aromatic nitrogens is 1. The Hall–Kier alpha value is -1.06. The summed E-state index contributed by atoms with van der Waals surface area (Å²) in [6.07, 6.45) is -2.87. The second-order valence-electron chi connectivity index (χ2n) is 2.44. The monoisotopic (exact) mass is 294 g/mol. The van der Waals surface area contributed by atoms with E-state index in [-0.39, 0.29) is 4.60 Å². The molecule has 0 aromatic carbocycles. The molecule has 0 saturated heterocycles. The van der Waals surface area contributed by atoms with Gasteiger partial charge in [-0.3, -0.25) is 4.79 Å². The summed E-state index contributed by atoms with van der Waals surface area (Å²) >= 11 is 7.97. The van der Waals surface area contributed by atoms with Gasteiger partial charge >= 0.3 is 0 Å². The van der Waals surface area contributed by atoms with Gasteiger partial charge in [0.1, 0.15) is 16.4 Å². The lowest BCUT2D eigenvalue weighted by atomic mass is 10.1. The van der Waals surface area contributed by atoms with E-state index >= 15 is 0 Å². The Labute approximate surface area is 96.8 Å². The van der Waals surface area contributed by atoms with E-state index in [4.69, 9.17) is 16.9 Å². The number of nitrogens with zero attached hydrogens (tertiary/aromatic N) is 2. The number of carbonyl (C=O) groups excluding carboxylic acids is 1. The van der Waals surface area contributed by atoms with E-state index in [9.17, 15) is 13.6 Å². The van der Waals surface area contributed by atoms with Crippen LogP contribution in [0.3, 0.4) is 0 Å². The highest BCUT2D eigenvalue weighted by Crippen LogP contribution is 2.27. The number of rotatable bonds is 2. The molecule has 1 aromatic heterocycles. The van der Waals surface area contributed by atoms with Crippen LogP contribution in [0.5, 0.6) is 0 Å². The summed E-state index contributed by atoms with van der Waals surface area (Å²) in [6.45, 7) is 0. The molecular weight excluding hydrogens is 293 g/mol. The van der Waals surface area contributed by atoms with Crippen molar-refractivity contribution in [1.82, 2.24) is 4.98 Å². The third kappa shape index (κ3) is 2.49. The Balaban J connectivity index is 3.54. The first-order valence-electron chi connectivity index (χ1n) is 3.56. The molecule has 0 saturated carbocycles. The van der Waals surface area contributed by atoms with E-state index in [1.54, 1.807) is 0 Å². The molecule has 0 spiro atoms. The van der Waals surface area contributed by atoms with Gasteiger partial charge in [0.05, 0.1) is 5.56 Å². The van der Waals surface area contributed by atoms with Crippen molar-refractivity contribution in [3.05, 3.63) is 27.5 Å². The van der Waals surface area contributed by atoms with Crippen LogP contribution in [0, 0.1) is 11.3 Å². The maximum absolute atomic E-state index is 12.5. The van der Waals surface area contributed by atoms with Crippen LogP contribution >= 0.6 is 27.5 Å². The second kappa shape index (κ2) is 4.64. The van der Waals surface area contributed by atoms with Crippen LogP contribution in [0.1, 0.15) is 28.0 Å². The molecular formula is C8H2BrClF2N2O. The van der Waals surface area contributed by atoms with Crippen LogP contribution in [0.2, 0.25) is 0 Å². The Morgan fingerprint density at radius 3 is 2.67 bits per heavy atom. The van der Waals surface area contributed by atoms with E-state index < -0.39 is 28.5 Å². The van der Waals surface area contributed by atoms with Crippen molar-refractivity contribution in [2.75, 3.05) is 0 Å². The lowest BCUT2D eigenvalue weighted by Gasteiger charge is -2.05. The molecule has 0 aliphatic rings.